The van der Waals surface area contributed by atoms with Crippen molar-refractivity contribution in [3.63, 3.8) is 0 Å². The molecule has 0 aliphatic heterocycles. The zero-order chi connectivity index (χ0) is 30.8. The van der Waals surface area contributed by atoms with Crippen LogP contribution in [0.5, 0.6) is 5.75 Å². The molecule has 3 N–H and O–H groups in total. The van der Waals surface area contributed by atoms with Crippen molar-refractivity contribution in [2.75, 3.05) is 17.7 Å². The largest absolute Gasteiger partial charge is 0.497 e. The highest BCUT2D eigenvalue weighted by Crippen LogP contribution is 2.30. The van der Waals surface area contributed by atoms with Gasteiger partial charge in [0.25, 0.3) is 11.8 Å². The summed E-state index contributed by atoms with van der Waals surface area (Å²) in [6, 6.07) is 27.8. The van der Waals surface area contributed by atoms with Gasteiger partial charge in [-0.05, 0) is 78.7 Å². The van der Waals surface area contributed by atoms with Crippen molar-refractivity contribution in [2.24, 2.45) is 0 Å². The summed E-state index contributed by atoms with van der Waals surface area (Å²) >= 11 is 13.9. The van der Waals surface area contributed by atoms with Crippen molar-refractivity contribution in [2.45, 2.75) is 23.5 Å². The predicted octanol–water partition coefficient (Wildman–Crippen LogP) is 7.92. The summed E-state index contributed by atoms with van der Waals surface area (Å²) in [6.45, 7) is 1.93. The molecule has 4 aromatic rings. The Morgan fingerprint density at radius 1 is 0.860 bits per heavy atom. The third kappa shape index (κ3) is 8.88. The number of rotatable bonds is 11. The van der Waals surface area contributed by atoms with Crippen LogP contribution in [-0.4, -0.2) is 30.1 Å². The summed E-state index contributed by atoms with van der Waals surface area (Å²) in [6.07, 6.45) is 2.06. The number of hydrogen-bond acceptors (Lipinski definition) is 5. The lowest BCUT2D eigenvalue weighted by Crippen LogP contribution is -2.30. The van der Waals surface area contributed by atoms with Crippen LogP contribution in [0, 0.1) is 0 Å². The number of methoxy groups -OCH3 is 1. The van der Waals surface area contributed by atoms with E-state index in [0.717, 1.165) is 4.90 Å². The van der Waals surface area contributed by atoms with Crippen LogP contribution in [-0.2, 0) is 9.59 Å². The molecule has 43 heavy (non-hydrogen) atoms. The molecule has 0 aliphatic rings. The molecule has 0 saturated heterocycles. The molecule has 0 fully saturated rings. The fraction of sp³-hybridized carbons (Fsp3) is 0.121. The highest BCUT2D eigenvalue weighted by atomic mass is 35.5. The quantitative estimate of drug-likeness (QED) is 0.115. The normalized spacial score (nSPS) is 11.8. The summed E-state index contributed by atoms with van der Waals surface area (Å²) < 4.78 is 5.17. The minimum Gasteiger partial charge on any atom is -0.497 e. The van der Waals surface area contributed by atoms with E-state index < -0.39 is 11.8 Å². The van der Waals surface area contributed by atoms with Gasteiger partial charge in [-0.2, -0.15) is 0 Å². The van der Waals surface area contributed by atoms with E-state index in [4.69, 9.17) is 27.9 Å². The Hall–Kier alpha value is -4.24. The molecule has 0 bridgehead atoms. The molecule has 220 valence electrons. The molecule has 3 amide bonds. The molecule has 0 aliphatic carbocycles. The Kier molecular flexibility index (Phi) is 11.3. The molecule has 0 heterocycles. The van der Waals surface area contributed by atoms with Crippen LogP contribution in [0.25, 0.3) is 6.08 Å². The second-order valence-corrected chi connectivity index (χ2v) is 11.3. The topological polar surface area (TPSA) is 96.5 Å². The number of hydrogen-bond donors (Lipinski definition) is 3. The van der Waals surface area contributed by atoms with Crippen LogP contribution in [0.1, 0.15) is 29.3 Å². The van der Waals surface area contributed by atoms with Gasteiger partial charge in [-0.25, -0.2) is 0 Å². The number of benzene rings is 4. The standard InChI is InChI=1S/C33H29Cl2N3O4S/c1-3-29(33(41)36-23-15-17-25(42-2)18-16-23)43-26-13-8-12-24(20-26)37-32(40)28(19-22-11-7-14-27(34)30(22)35)38-31(39)21-9-5-4-6-10-21/h4-20,29H,3H2,1-2H3,(H,36,41)(H,37,40)(H,38,39)/b28-19+. The lowest BCUT2D eigenvalue weighted by atomic mass is 10.1. The van der Waals surface area contributed by atoms with Crippen LogP contribution in [0.2, 0.25) is 10.0 Å². The smallest absolute Gasteiger partial charge is 0.272 e. The van der Waals surface area contributed by atoms with Crippen LogP contribution < -0.4 is 20.7 Å². The number of carbonyl (C=O) groups excluding carboxylic acids is 3. The second kappa shape index (κ2) is 15.3. The molecule has 7 nitrogen and oxygen atoms in total. The highest BCUT2D eigenvalue weighted by molar-refractivity contribution is 8.00. The van der Waals surface area contributed by atoms with Gasteiger partial charge >= 0.3 is 0 Å². The monoisotopic (exact) mass is 633 g/mol. The number of halogens is 2. The number of anilines is 2. The summed E-state index contributed by atoms with van der Waals surface area (Å²) in [5.74, 6) is -0.462. The molecule has 0 aromatic heterocycles. The van der Waals surface area contributed by atoms with Gasteiger partial charge in [-0.1, -0.05) is 66.5 Å². The summed E-state index contributed by atoms with van der Waals surface area (Å²) in [5.41, 5.74) is 1.97. The Morgan fingerprint density at radius 2 is 1.58 bits per heavy atom. The first-order valence-electron chi connectivity index (χ1n) is 13.3. The number of amides is 3. The fourth-order valence-electron chi connectivity index (χ4n) is 3.96. The molecule has 1 unspecified atom stereocenters. The van der Waals surface area contributed by atoms with Gasteiger partial charge in [-0.15, -0.1) is 11.8 Å². The first-order chi connectivity index (χ1) is 20.8. The van der Waals surface area contributed by atoms with E-state index in [1.165, 1.54) is 17.8 Å². The summed E-state index contributed by atoms with van der Waals surface area (Å²) in [5, 5.41) is 8.66. The first-order valence-corrected chi connectivity index (χ1v) is 15.0. The molecular formula is C33H29Cl2N3O4S. The minimum absolute atomic E-state index is 0.0265. The molecule has 4 aromatic carbocycles. The van der Waals surface area contributed by atoms with E-state index in [1.807, 2.05) is 13.0 Å². The number of carbonyl (C=O) groups is 3. The zero-order valence-corrected chi connectivity index (χ0v) is 25.7. The van der Waals surface area contributed by atoms with E-state index >= 15 is 0 Å². The van der Waals surface area contributed by atoms with Gasteiger partial charge in [0.1, 0.15) is 11.4 Å². The van der Waals surface area contributed by atoms with Gasteiger partial charge in [0.2, 0.25) is 5.91 Å². The van der Waals surface area contributed by atoms with Crippen LogP contribution in [0.15, 0.2) is 108 Å². The maximum atomic E-state index is 13.5. The van der Waals surface area contributed by atoms with E-state index in [-0.39, 0.29) is 21.9 Å². The van der Waals surface area contributed by atoms with Crippen molar-refractivity contribution >= 4 is 70.1 Å². The van der Waals surface area contributed by atoms with Gasteiger partial charge in [0, 0.05) is 21.8 Å². The van der Waals surface area contributed by atoms with Crippen molar-refractivity contribution in [1.29, 1.82) is 0 Å². The van der Waals surface area contributed by atoms with E-state index in [0.29, 0.717) is 39.7 Å². The third-order valence-electron chi connectivity index (χ3n) is 6.20. The zero-order valence-electron chi connectivity index (χ0n) is 23.4. The van der Waals surface area contributed by atoms with Crippen LogP contribution >= 0.6 is 35.0 Å². The fourth-order valence-corrected chi connectivity index (χ4v) is 5.33. The molecule has 1 atom stereocenters. The maximum absolute atomic E-state index is 13.5. The number of ether oxygens (including phenoxy) is 1. The Bertz CT molecular complexity index is 1630. The number of nitrogens with one attached hydrogen (secondary N) is 3. The van der Waals surface area contributed by atoms with Crippen LogP contribution in [0.4, 0.5) is 11.4 Å². The Labute approximate surface area is 264 Å². The van der Waals surface area contributed by atoms with Gasteiger partial charge < -0.3 is 20.7 Å². The van der Waals surface area contributed by atoms with Gasteiger partial charge in [-0.3, -0.25) is 14.4 Å². The van der Waals surface area contributed by atoms with Crippen molar-refractivity contribution in [1.82, 2.24) is 5.32 Å². The van der Waals surface area contributed by atoms with Gasteiger partial charge in [0.05, 0.1) is 22.4 Å². The first kappa shape index (κ1) is 31.7. The number of thioether (sulfide) groups is 1. The van der Waals surface area contributed by atoms with E-state index in [1.54, 1.807) is 98.1 Å². The molecule has 10 heteroatoms. The average molecular weight is 635 g/mol. The van der Waals surface area contributed by atoms with Crippen molar-refractivity contribution < 1.29 is 19.1 Å². The SMILES string of the molecule is CCC(Sc1cccc(NC(=O)/C(=C\c2cccc(Cl)c2Cl)NC(=O)c2ccccc2)c1)C(=O)Nc1ccc(OC)cc1. The van der Waals surface area contributed by atoms with Gasteiger partial charge in [0.15, 0.2) is 0 Å². The highest BCUT2D eigenvalue weighted by Gasteiger charge is 2.20. The predicted molar refractivity (Wildman–Crippen MR) is 175 cm³/mol. The van der Waals surface area contributed by atoms with Crippen molar-refractivity contribution in [3.8, 4) is 5.75 Å². The van der Waals surface area contributed by atoms with Crippen molar-refractivity contribution in [3.05, 3.63) is 124 Å². The second-order valence-electron chi connectivity index (χ2n) is 9.24. The molecule has 4 rings (SSSR count). The minimum atomic E-state index is -0.563. The average Bonchev–Trinajstić information content (AvgIpc) is 3.02. The lowest BCUT2D eigenvalue weighted by Gasteiger charge is -2.16. The lowest BCUT2D eigenvalue weighted by molar-refractivity contribution is -0.116. The summed E-state index contributed by atoms with van der Waals surface area (Å²) in [4.78, 5) is 40.2. The third-order valence-corrected chi connectivity index (χ3v) is 8.39. The Balaban J connectivity index is 1.51. The summed E-state index contributed by atoms with van der Waals surface area (Å²) in [7, 11) is 1.58. The molecule has 0 spiro atoms. The van der Waals surface area contributed by atoms with E-state index in [9.17, 15) is 14.4 Å². The van der Waals surface area contributed by atoms with Crippen LogP contribution in [0.3, 0.4) is 0 Å². The van der Waals surface area contributed by atoms with E-state index in [2.05, 4.69) is 16.0 Å². The molecule has 0 saturated carbocycles. The maximum Gasteiger partial charge on any atom is 0.272 e. The molecular weight excluding hydrogens is 605 g/mol. The Morgan fingerprint density at radius 3 is 2.28 bits per heavy atom. The molecule has 0 radical (unpaired) electrons.